The first-order chi connectivity index (χ1) is 17.6. The summed E-state index contributed by atoms with van der Waals surface area (Å²) >= 11 is 5.84. The highest BCUT2D eigenvalue weighted by atomic mass is 35.5. The highest BCUT2D eigenvalue weighted by molar-refractivity contribution is 7.93. The first kappa shape index (κ1) is 26.9. The minimum Gasteiger partial charge on any atom is -0.479 e. The van der Waals surface area contributed by atoms with E-state index in [1.807, 2.05) is 0 Å². The van der Waals surface area contributed by atoms with Gasteiger partial charge in [-0.15, -0.1) is 10.2 Å². The van der Waals surface area contributed by atoms with E-state index < -0.39 is 39.5 Å². The molecular formula is C21H25ClF2N8O4S. The van der Waals surface area contributed by atoms with Crippen molar-refractivity contribution in [3.8, 4) is 17.4 Å². The molecule has 3 heterocycles. The second-order valence-corrected chi connectivity index (χ2v) is 11.0. The van der Waals surface area contributed by atoms with Gasteiger partial charge >= 0.3 is 0 Å². The summed E-state index contributed by atoms with van der Waals surface area (Å²) < 4.78 is 68.5. The number of hydrogen-bond donors (Lipinski definition) is 1. The average molecular weight is 559 g/mol. The Bertz CT molecular complexity index is 1340. The molecule has 3 aromatic rings. The number of nitrogens with one attached hydrogen (secondary N) is 1. The standard InChI is InChI=1S/C21H25ClF2N8O4S/c1-10(17-25-7-12(22)8-26-17)11(2)37(33,34)31-21-30-29-18(14-6-5-13(14)16(23)24)32(21)15-19(35-3)27-9-28-20(15)36-4/h7-11,13-14,16H,5-6H2,1-4H3,(H,30,31)/t10-,11-,13?,14+/m0/s1. The molecule has 1 fully saturated rings. The van der Waals surface area contributed by atoms with Crippen LogP contribution in [0.1, 0.15) is 50.2 Å². The Labute approximate surface area is 216 Å². The molecule has 1 N–H and O–H groups in total. The average Bonchev–Trinajstić information content (AvgIpc) is 3.23. The Morgan fingerprint density at radius 3 is 2.19 bits per heavy atom. The normalized spacial score (nSPS) is 19.2. The zero-order chi connectivity index (χ0) is 26.9. The quantitative estimate of drug-likeness (QED) is 0.393. The molecule has 200 valence electrons. The van der Waals surface area contributed by atoms with Crippen molar-refractivity contribution in [3.05, 3.63) is 35.4 Å². The lowest BCUT2D eigenvalue weighted by atomic mass is 9.73. The molecule has 4 atom stereocenters. The van der Waals surface area contributed by atoms with E-state index in [1.54, 1.807) is 6.92 Å². The Hall–Kier alpha value is -3.20. The molecule has 0 spiro atoms. The first-order valence-corrected chi connectivity index (χ1v) is 13.2. The van der Waals surface area contributed by atoms with Crippen molar-refractivity contribution < 1.29 is 26.7 Å². The van der Waals surface area contributed by atoms with Crippen LogP contribution in [-0.2, 0) is 10.0 Å². The lowest BCUT2D eigenvalue weighted by molar-refractivity contribution is 0.0139. The number of aromatic nitrogens is 7. The van der Waals surface area contributed by atoms with Crippen molar-refractivity contribution in [2.45, 2.75) is 50.2 Å². The number of sulfonamides is 1. The van der Waals surface area contributed by atoms with Gasteiger partial charge in [0.1, 0.15) is 18.0 Å². The Morgan fingerprint density at radius 1 is 1.05 bits per heavy atom. The number of methoxy groups -OCH3 is 2. The summed E-state index contributed by atoms with van der Waals surface area (Å²) in [6.45, 7) is 3.14. The van der Waals surface area contributed by atoms with Gasteiger partial charge in [0.2, 0.25) is 34.2 Å². The lowest BCUT2D eigenvalue weighted by Gasteiger charge is -2.35. The summed E-state index contributed by atoms with van der Waals surface area (Å²) in [6.07, 6.45) is 2.07. The highest BCUT2D eigenvalue weighted by Gasteiger charge is 2.43. The second kappa shape index (κ2) is 10.7. The molecule has 37 heavy (non-hydrogen) atoms. The van der Waals surface area contributed by atoms with E-state index in [0.717, 1.165) is 0 Å². The molecule has 0 aliphatic heterocycles. The molecule has 0 bridgehead atoms. The fourth-order valence-electron chi connectivity index (χ4n) is 4.06. The lowest BCUT2D eigenvalue weighted by Crippen LogP contribution is -2.33. The Balaban J connectivity index is 1.78. The second-order valence-electron chi connectivity index (χ2n) is 8.54. The van der Waals surface area contributed by atoms with E-state index in [1.165, 1.54) is 44.4 Å². The van der Waals surface area contributed by atoms with E-state index in [2.05, 4.69) is 34.9 Å². The monoisotopic (exact) mass is 558 g/mol. The summed E-state index contributed by atoms with van der Waals surface area (Å²) in [7, 11) is -1.43. The van der Waals surface area contributed by atoms with Gasteiger partial charge in [-0.1, -0.05) is 18.5 Å². The molecule has 1 unspecified atom stereocenters. The van der Waals surface area contributed by atoms with Gasteiger partial charge in [-0.3, -0.25) is 9.29 Å². The minimum atomic E-state index is -4.13. The van der Waals surface area contributed by atoms with Crippen LogP contribution < -0.4 is 14.2 Å². The molecule has 12 nitrogen and oxygen atoms in total. The zero-order valence-electron chi connectivity index (χ0n) is 20.3. The van der Waals surface area contributed by atoms with Gasteiger partial charge in [0.05, 0.1) is 24.5 Å². The maximum absolute atomic E-state index is 13.6. The minimum absolute atomic E-state index is 0.0113. The van der Waals surface area contributed by atoms with Crippen LogP contribution in [0.5, 0.6) is 11.8 Å². The molecule has 1 saturated carbocycles. The molecule has 0 saturated heterocycles. The van der Waals surface area contributed by atoms with Gasteiger partial charge in [-0.25, -0.2) is 27.2 Å². The zero-order valence-corrected chi connectivity index (χ0v) is 21.9. The van der Waals surface area contributed by atoms with Crippen molar-refractivity contribution in [1.29, 1.82) is 0 Å². The largest absolute Gasteiger partial charge is 0.479 e. The molecular weight excluding hydrogens is 534 g/mol. The molecule has 0 amide bonds. The summed E-state index contributed by atoms with van der Waals surface area (Å²) in [5.41, 5.74) is 0.0758. The molecule has 16 heteroatoms. The summed E-state index contributed by atoms with van der Waals surface area (Å²) in [4.78, 5) is 16.4. The van der Waals surface area contributed by atoms with E-state index >= 15 is 0 Å². The van der Waals surface area contributed by atoms with Crippen LogP contribution in [0, 0.1) is 5.92 Å². The van der Waals surface area contributed by atoms with Gasteiger partial charge in [0.15, 0.2) is 5.69 Å². The molecule has 0 aromatic carbocycles. The summed E-state index contributed by atoms with van der Waals surface area (Å²) in [5, 5.41) is 7.40. The van der Waals surface area contributed by atoms with Crippen molar-refractivity contribution in [3.63, 3.8) is 0 Å². The van der Waals surface area contributed by atoms with Crippen molar-refractivity contribution in [1.82, 2.24) is 34.7 Å². The van der Waals surface area contributed by atoms with E-state index in [4.69, 9.17) is 21.1 Å². The number of hydrogen-bond acceptors (Lipinski definition) is 10. The van der Waals surface area contributed by atoms with Crippen LogP contribution >= 0.6 is 11.6 Å². The summed E-state index contributed by atoms with van der Waals surface area (Å²) in [5.74, 6) is -2.12. The number of nitrogens with zero attached hydrogens (tertiary/aromatic N) is 7. The molecule has 0 radical (unpaired) electrons. The number of anilines is 1. The van der Waals surface area contributed by atoms with Crippen LogP contribution in [0.4, 0.5) is 14.7 Å². The predicted octanol–water partition coefficient (Wildman–Crippen LogP) is 3.21. The van der Waals surface area contributed by atoms with Crippen LogP contribution in [0.3, 0.4) is 0 Å². The van der Waals surface area contributed by atoms with Gasteiger partial charge in [-0.2, -0.15) is 9.97 Å². The third kappa shape index (κ3) is 5.14. The van der Waals surface area contributed by atoms with Crippen molar-refractivity contribution >= 4 is 27.6 Å². The molecule has 4 rings (SSSR count). The number of ether oxygens (including phenoxy) is 2. The Morgan fingerprint density at radius 2 is 1.68 bits per heavy atom. The molecule has 1 aliphatic rings. The van der Waals surface area contributed by atoms with Crippen molar-refractivity contribution in [2.75, 3.05) is 18.9 Å². The van der Waals surface area contributed by atoms with E-state index in [-0.39, 0.29) is 35.0 Å². The van der Waals surface area contributed by atoms with Gasteiger partial charge in [0.25, 0.3) is 0 Å². The highest BCUT2D eigenvalue weighted by Crippen LogP contribution is 2.47. The maximum atomic E-state index is 13.6. The van der Waals surface area contributed by atoms with Gasteiger partial charge in [-0.05, 0) is 19.8 Å². The van der Waals surface area contributed by atoms with Crippen molar-refractivity contribution in [2.24, 2.45) is 5.92 Å². The Kier molecular flexibility index (Phi) is 7.73. The maximum Gasteiger partial charge on any atom is 0.245 e. The fourth-order valence-corrected chi connectivity index (χ4v) is 5.39. The molecule has 3 aromatic heterocycles. The number of halogens is 3. The van der Waals surface area contributed by atoms with E-state index in [0.29, 0.717) is 17.9 Å². The first-order valence-electron chi connectivity index (χ1n) is 11.2. The van der Waals surface area contributed by atoms with E-state index in [9.17, 15) is 17.2 Å². The van der Waals surface area contributed by atoms with Gasteiger partial charge in [0, 0.05) is 30.1 Å². The van der Waals surface area contributed by atoms with Crippen LogP contribution in [0.25, 0.3) is 5.69 Å². The van der Waals surface area contributed by atoms with Gasteiger partial charge < -0.3 is 9.47 Å². The number of alkyl halides is 2. The topological polar surface area (TPSA) is 147 Å². The third-order valence-corrected chi connectivity index (χ3v) is 8.56. The smallest absolute Gasteiger partial charge is 0.245 e. The SMILES string of the molecule is COc1ncnc(OC)c1-n1c(NS(=O)(=O)[C@@H](C)[C@H](C)c2ncc(Cl)cn2)nnc1[C@@H]1CCC1C(F)F. The predicted molar refractivity (Wildman–Crippen MR) is 129 cm³/mol. The summed E-state index contributed by atoms with van der Waals surface area (Å²) in [6, 6.07) is 0. The molecule has 1 aliphatic carbocycles. The fraction of sp³-hybridized carbons (Fsp3) is 0.524. The van der Waals surface area contributed by atoms with Crippen LogP contribution in [0.15, 0.2) is 18.7 Å². The third-order valence-electron chi connectivity index (χ3n) is 6.51. The van der Waals surface area contributed by atoms with Crippen LogP contribution in [0.2, 0.25) is 5.02 Å². The van der Waals surface area contributed by atoms with Crippen LogP contribution in [-0.4, -0.2) is 69.0 Å². The number of rotatable bonds is 10.